The number of hydrogen-bond donors (Lipinski definition) is 0. The molecule has 9 heavy (non-hydrogen) atoms. The highest BCUT2D eigenvalue weighted by Gasteiger charge is 1.98. The Kier molecular flexibility index (Phi) is 1.81. The van der Waals surface area contributed by atoms with Crippen molar-refractivity contribution < 1.29 is 0 Å². The topological polar surface area (TPSA) is 4.93 Å². The third kappa shape index (κ3) is 1.49. The van der Waals surface area contributed by atoms with Crippen LogP contribution in [0.5, 0.6) is 0 Å². The van der Waals surface area contributed by atoms with Crippen LogP contribution in [0.3, 0.4) is 0 Å². The molecule has 0 spiro atoms. The van der Waals surface area contributed by atoms with Crippen molar-refractivity contribution >= 4 is 11.8 Å². The van der Waals surface area contributed by atoms with Crippen LogP contribution < -0.4 is 0 Å². The predicted octanol–water partition coefficient (Wildman–Crippen LogP) is 2.61. The van der Waals surface area contributed by atoms with E-state index >= 15 is 0 Å². The number of hydrogen-bond acceptors (Lipinski definition) is 0. The highest BCUT2D eigenvalue weighted by atomic mass is 35.5. The van der Waals surface area contributed by atoms with E-state index in [4.69, 9.17) is 11.8 Å². The van der Waals surface area contributed by atoms with Gasteiger partial charge in [0, 0.05) is 24.2 Å². The van der Waals surface area contributed by atoms with Crippen molar-refractivity contribution in [1.29, 1.82) is 0 Å². The lowest BCUT2D eigenvalue weighted by molar-refractivity contribution is 0.867. The van der Waals surface area contributed by atoms with Gasteiger partial charge in [-0.25, -0.2) is 0 Å². The van der Waals surface area contributed by atoms with Crippen LogP contribution in [0.25, 0.3) is 0 Å². The Morgan fingerprint density at radius 1 is 1.56 bits per heavy atom. The van der Waals surface area contributed by atoms with Crippen LogP contribution in [-0.2, 0) is 0 Å². The molecule has 0 amide bonds. The first-order valence-corrected chi connectivity index (χ1v) is 3.38. The lowest BCUT2D eigenvalue weighted by Gasteiger charge is -1.96. The Balaban J connectivity index is 2.85. The van der Waals surface area contributed by atoms with Crippen molar-refractivity contribution in [2.24, 2.45) is 0 Å². The molecule has 0 atom stereocenters. The zero-order valence-corrected chi connectivity index (χ0v) is 6.39. The maximum absolute atomic E-state index is 5.62. The smallest absolute Gasteiger partial charge is 0.0247 e. The van der Waals surface area contributed by atoms with E-state index in [2.05, 4.69) is 13.8 Å². The van der Waals surface area contributed by atoms with Gasteiger partial charge in [0.15, 0.2) is 0 Å². The molecular weight excluding hydrogens is 134 g/mol. The molecule has 0 fully saturated rings. The lowest BCUT2D eigenvalue weighted by Crippen LogP contribution is -1.81. The molecule has 0 aliphatic carbocycles. The van der Waals surface area contributed by atoms with Gasteiger partial charge in [0.25, 0.3) is 0 Å². The van der Waals surface area contributed by atoms with E-state index in [1.54, 1.807) is 4.09 Å². The Morgan fingerprint density at radius 2 is 2.22 bits per heavy atom. The molecule has 0 aromatic carbocycles. The minimum atomic E-state index is 0.574. The first-order chi connectivity index (χ1) is 4.20. The van der Waals surface area contributed by atoms with Crippen LogP contribution in [0.2, 0.25) is 0 Å². The normalized spacial score (nSPS) is 10.7. The molecular formula is C7H10ClN. The minimum absolute atomic E-state index is 0.574. The summed E-state index contributed by atoms with van der Waals surface area (Å²) < 4.78 is 1.55. The first-order valence-electron chi connectivity index (χ1n) is 3.04. The second-order valence-corrected chi connectivity index (χ2v) is 2.83. The maximum Gasteiger partial charge on any atom is 0.0247 e. The first kappa shape index (κ1) is 6.69. The summed E-state index contributed by atoms with van der Waals surface area (Å²) in [7, 11) is 0. The molecule has 0 aliphatic rings. The van der Waals surface area contributed by atoms with Crippen molar-refractivity contribution in [3.05, 3.63) is 24.0 Å². The van der Waals surface area contributed by atoms with Gasteiger partial charge in [0.05, 0.1) is 0 Å². The van der Waals surface area contributed by atoms with Gasteiger partial charge < -0.3 is 0 Å². The monoisotopic (exact) mass is 143 g/mol. The molecule has 1 rings (SSSR count). The summed E-state index contributed by atoms with van der Waals surface area (Å²) in [6.07, 6.45) is 3.77. The summed E-state index contributed by atoms with van der Waals surface area (Å²) in [5.41, 5.74) is 1.28. The molecule has 50 valence electrons. The van der Waals surface area contributed by atoms with Crippen LogP contribution in [0.15, 0.2) is 18.5 Å². The highest BCUT2D eigenvalue weighted by molar-refractivity contribution is 6.15. The van der Waals surface area contributed by atoms with Crippen LogP contribution in [0, 0.1) is 0 Å². The Morgan fingerprint density at radius 3 is 2.44 bits per heavy atom. The number of rotatable bonds is 1. The second kappa shape index (κ2) is 2.44. The molecule has 0 N–H and O–H groups in total. The molecule has 0 aliphatic heterocycles. The van der Waals surface area contributed by atoms with Crippen LogP contribution in [0.4, 0.5) is 0 Å². The minimum Gasteiger partial charge on any atom is -0.268 e. The molecule has 1 aromatic rings. The zero-order valence-electron chi connectivity index (χ0n) is 5.63. The molecule has 0 saturated carbocycles. The molecule has 0 unspecified atom stereocenters. The number of aromatic nitrogens is 1. The fourth-order valence-electron chi connectivity index (χ4n) is 0.727. The van der Waals surface area contributed by atoms with Crippen LogP contribution >= 0.6 is 11.8 Å². The summed E-state index contributed by atoms with van der Waals surface area (Å²) in [6.45, 7) is 4.29. The van der Waals surface area contributed by atoms with E-state index in [1.165, 1.54) is 5.56 Å². The van der Waals surface area contributed by atoms with E-state index in [0.717, 1.165) is 0 Å². The fourth-order valence-corrected chi connectivity index (χ4v) is 0.896. The quantitative estimate of drug-likeness (QED) is 0.570. The molecule has 2 heteroatoms. The molecule has 0 bridgehead atoms. The Hall–Kier alpha value is -0.430. The van der Waals surface area contributed by atoms with Gasteiger partial charge in [0.1, 0.15) is 0 Å². The largest absolute Gasteiger partial charge is 0.268 e. The van der Waals surface area contributed by atoms with E-state index in [-0.39, 0.29) is 0 Å². The van der Waals surface area contributed by atoms with Crippen LogP contribution in [-0.4, -0.2) is 4.09 Å². The van der Waals surface area contributed by atoms with Gasteiger partial charge in [-0.05, 0) is 17.5 Å². The maximum atomic E-state index is 5.62. The average molecular weight is 144 g/mol. The molecule has 0 saturated heterocycles. The standard InChI is InChI=1S/C7H10ClN/c1-6(2)7-3-4-9(8)5-7/h3-6H,1-2H3. The van der Waals surface area contributed by atoms with Gasteiger partial charge in [0.2, 0.25) is 0 Å². The van der Waals surface area contributed by atoms with Gasteiger partial charge in [-0.1, -0.05) is 13.8 Å². The van der Waals surface area contributed by atoms with Gasteiger partial charge >= 0.3 is 0 Å². The lowest BCUT2D eigenvalue weighted by atomic mass is 10.1. The molecule has 1 heterocycles. The van der Waals surface area contributed by atoms with Crippen LogP contribution in [0.1, 0.15) is 25.3 Å². The molecule has 1 nitrogen and oxygen atoms in total. The van der Waals surface area contributed by atoms with Crippen molar-refractivity contribution in [3.63, 3.8) is 0 Å². The number of halogens is 1. The zero-order chi connectivity index (χ0) is 6.85. The summed E-state index contributed by atoms with van der Waals surface area (Å²) in [5, 5.41) is 0. The summed E-state index contributed by atoms with van der Waals surface area (Å²) >= 11 is 5.62. The third-order valence-electron chi connectivity index (χ3n) is 1.35. The van der Waals surface area contributed by atoms with Crippen molar-refractivity contribution in [2.45, 2.75) is 19.8 Å². The average Bonchev–Trinajstić information content (AvgIpc) is 2.14. The van der Waals surface area contributed by atoms with Gasteiger partial charge in [-0.2, -0.15) is 0 Å². The summed E-state index contributed by atoms with van der Waals surface area (Å²) in [4.78, 5) is 0. The van der Waals surface area contributed by atoms with E-state index in [0.29, 0.717) is 5.92 Å². The number of nitrogens with zero attached hydrogens (tertiary/aromatic N) is 1. The Labute approximate surface area is 60.4 Å². The molecule has 0 radical (unpaired) electrons. The van der Waals surface area contributed by atoms with E-state index < -0.39 is 0 Å². The van der Waals surface area contributed by atoms with Crippen molar-refractivity contribution in [2.75, 3.05) is 0 Å². The van der Waals surface area contributed by atoms with Crippen molar-refractivity contribution in [3.8, 4) is 0 Å². The predicted molar refractivity (Wildman–Crippen MR) is 39.8 cm³/mol. The second-order valence-electron chi connectivity index (χ2n) is 2.44. The third-order valence-corrected chi connectivity index (χ3v) is 1.56. The van der Waals surface area contributed by atoms with Gasteiger partial charge in [-0.15, -0.1) is 0 Å². The SMILES string of the molecule is CC(C)c1ccn(Cl)c1. The summed E-state index contributed by atoms with van der Waals surface area (Å²) in [5.74, 6) is 0.574. The fraction of sp³-hybridized carbons (Fsp3) is 0.429. The van der Waals surface area contributed by atoms with Gasteiger partial charge in [-0.3, -0.25) is 4.09 Å². The van der Waals surface area contributed by atoms with E-state index in [1.807, 2.05) is 18.5 Å². The summed E-state index contributed by atoms with van der Waals surface area (Å²) in [6, 6.07) is 2.03. The molecule has 1 aromatic heterocycles. The Bertz CT molecular complexity index is 191. The van der Waals surface area contributed by atoms with Crippen molar-refractivity contribution in [1.82, 2.24) is 4.09 Å². The highest BCUT2D eigenvalue weighted by Crippen LogP contribution is 2.14. The van der Waals surface area contributed by atoms with E-state index in [9.17, 15) is 0 Å².